The predicted octanol–water partition coefficient (Wildman–Crippen LogP) is 2.52. The molecule has 0 radical (unpaired) electrons. The zero-order chi connectivity index (χ0) is 15.2. The first-order chi connectivity index (χ1) is 9.38. The number of hydrogen-bond acceptors (Lipinski definition) is 3. The third-order valence-electron chi connectivity index (χ3n) is 2.64. The number of halogens is 3. The van der Waals surface area contributed by atoms with Gasteiger partial charge in [0, 0.05) is 20.0 Å². The molecule has 2 N–H and O–H groups in total. The van der Waals surface area contributed by atoms with Crippen LogP contribution in [0.15, 0.2) is 18.2 Å². The molecule has 1 rings (SSSR count). The first-order valence-corrected chi connectivity index (χ1v) is 5.94. The van der Waals surface area contributed by atoms with Gasteiger partial charge in [0.05, 0.1) is 16.8 Å². The van der Waals surface area contributed by atoms with Crippen LogP contribution in [0.3, 0.4) is 0 Å². The summed E-state index contributed by atoms with van der Waals surface area (Å²) in [7, 11) is 1.53. The monoisotopic (exact) mass is 285 g/mol. The Balaban J connectivity index is 2.68. The minimum Gasteiger partial charge on any atom is -0.384 e. The highest BCUT2D eigenvalue weighted by Gasteiger charge is 2.30. The van der Waals surface area contributed by atoms with E-state index in [2.05, 4.69) is 10.6 Å². The van der Waals surface area contributed by atoms with E-state index >= 15 is 0 Å². The number of carbonyl (C=O) groups is 1. The van der Waals surface area contributed by atoms with Crippen LogP contribution in [0.4, 0.5) is 18.9 Å². The fourth-order valence-corrected chi connectivity index (χ4v) is 1.56. The molecule has 0 aromatic heterocycles. The second-order valence-electron chi connectivity index (χ2n) is 4.07. The molecule has 0 saturated heterocycles. The second kappa shape index (κ2) is 6.80. The van der Waals surface area contributed by atoms with Gasteiger partial charge in [-0.2, -0.15) is 18.4 Å². The van der Waals surface area contributed by atoms with E-state index in [1.54, 1.807) is 6.07 Å². The van der Waals surface area contributed by atoms with E-state index in [-0.39, 0.29) is 11.5 Å². The van der Waals surface area contributed by atoms with Gasteiger partial charge in [0.25, 0.3) is 0 Å². The molecule has 0 spiro atoms. The molecule has 0 saturated carbocycles. The molecule has 0 heterocycles. The lowest BCUT2D eigenvalue weighted by molar-refractivity contribution is -0.137. The van der Waals surface area contributed by atoms with Crippen molar-refractivity contribution in [2.24, 2.45) is 0 Å². The Hall–Kier alpha value is -2.23. The Kier molecular flexibility index (Phi) is 5.38. The number of hydrogen-bond donors (Lipinski definition) is 2. The van der Waals surface area contributed by atoms with Crippen molar-refractivity contribution in [3.05, 3.63) is 29.3 Å². The van der Waals surface area contributed by atoms with Gasteiger partial charge in [0.2, 0.25) is 5.91 Å². The van der Waals surface area contributed by atoms with Crippen LogP contribution in [0.5, 0.6) is 0 Å². The molecule has 0 aliphatic rings. The maximum Gasteiger partial charge on any atom is 0.416 e. The van der Waals surface area contributed by atoms with Crippen molar-refractivity contribution in [1.29, 1.82) is 5.26 Å². The molecule has 0 bridgehead atoms. The van der Waals surface area contributed by atoms with Crippen molar-refractivity contribution in [1.82, 2.24) is 5.32 Å². The van der Waals surface area contributed by atoms with Gasteiger partial charge in [-0.05, 0) is 24.6 Å². The van der Waals surface area contributed by atoms with Crippen molar-refractivity contribution < 1.29 is 18.0 Å². The highest BCUT2D eigenvalue weighted by atomic mass is 19.4. The highest BCUT2D eigenvalue weighted by molar-refractivity contribution is 5.75. The van der Waals surface area contributed by atoms with Gasteiger partial charge in [-0.1, -0.05) is 0 Å². The maximum atomic E-state index is 12.5. The van der Waals surface area contributed by atoms with Crippen LogP contribution < -0.4 is 10.6 Å². The zero-order valence-electron chi connectivity index (χ0n) is 10.8. The van der Waals surface area contributed by atoms with Crippen molar-refractivity contribution in [2.75, 3.05) is 18.9 Å². The molecule has 1 aromatic carbocycles. The van der Waals surface area contributed by atoms with Crippen LogP contribution in [0.2, 0.25) is 0 Å². The number of nitrogens with one attached hydrogen (secondary N) is 2. The Bertz CT molecular complexity index is 521. The smallest absolute Gasteiger partial charge is 0.384 e. The number of benzene rings is 1. The number of nitriles is 1. The fourth-order valence-electron chi connectivity index (χ4n) is 1.56. The van der Waals surface area contributed by atoms with Crippen molar-refractivity contribution in [3.63, 3.8) is 0 Å². The lowest BCUT2D eigenvalue weighted by atomic mass is 10.1. The molecule has 0 fully saturated rings. The standard InChI is InChI=1S/C13H14F3N3O/c1-18-12(20)3-2-6-19-11-5-4-10(13(14,15)16)7-9(11)8-17/h4-5,7,19H,2-3,6H2,1H3,(H,18,20). The predicted molar refractivity (Wildman–Crippen MR) is 67.9 cm³/mol. The first kappa shape index (κ1) is 15.8. The summed E-state index contributed by atoms with van der Waals surface area (Å²) < 4.78 is 37.5. The van der Waals surface area contributed by atoms with Crippen LogP contribution in [0, 0.1) is 11.3 Å². The van der Waals surface area contributed by atoms with E-state index in [1.807, 2.05) is 0 Å². The normalized spacial score (nSPS) is 10.8. The molecule has 20 heavy (non-hydrogen) atoms. The number of nitrogens with zero attached hydrogens (tertiary/aromatic N) is 1. The molecule has 1 aromatic rings. The quantitative estimate of drug-likeness (QED) is 0.817. The number of anilines is 1. The maximum absolute atomic E-state index is 12.5. The fraction of sp³-hybridized carbons (Fsp3) is 0.385. The lowest BCUT2D eigenvalue weighted by Crippen LogP contribution is -2.18. The summed E-state index contributed by atoms with van der Waals surface area (Å²) in [4.78, 5) is 11.0. The molecule has 0 aliphatic heterocycles. The van der Waals surface area contributed by atoms with Gasteiger partial charge in [-0.15, -0.1) is 0 Å². The topological polar surface area (TPSA) is 64.9 Å². The highest BCUT2D eigenvalue weighted by Crippen LogP contribution is 2.31. The average molecular weight is 285 g/mol. The van der Waals surface area contributed by atoms with E-state index in [0.717, 1.165) is 12.1 Å². The first-order valence-electron chi connectivity index (χ1n) is 5.94. The van der Waals surface area contributed by atoms with Gasteiger partial charge in [0.15, 0.2) is 0 Å². The number of amides is 1. The Morgan fingerprint density at radius 3 is 2.65 bits per heavy atom. The van der Waals surface area contributed by atoms with Crippen LogP contribution in [-0.2, 0) is 11.0 Å². The third-order valence-corrected chi connectivity index (χ3v) is 2.64. The molecular formula is C13H14F3N3O. The molecule has 0 aliphatic carbocycles. The third kappa shape index (κ3) is 4.46. The van der Waals surface area contributed by atoms with E-state index in [4.69, 9.17) is 5.26 Å². The van der Waals surface area contributed by atoms with E-state index in [0.29, 0.717) is 25.1 Å². The van der Waals surface area contributed by atoms with Crippen LogP contribution >= 0.6 is 0 Å². The van der Waals surface area contributed by atoms with Gasteiger partial charge in [-0.25, -0.2) is 0 Å². The lowest BCUT2D eigenvalue weighted by Gasteiger charge is -2.11. The largest absolute Gasteiger partial charge is 0.416 e. The Labute approximate surface area is 114 Å². The van der Waals surface area contributed by atoms with E-state index in [9.17, 15) is 18.0 Å². The molecule has 108 valence electrons. The van der Waals surface area contributed by atoms with Crippen LogP contribution in [0.25, 0.3) is 0 Å². The minimum atomic E-state index is -4.47. The summed E-state index contributed by atoms with van der Waals surface area (Å²) in [6.45, 7) is 0.396. The van der Waals surface area contributed by atoms with Crippen molar-refractivity contribution >= 4 is 11.6 Å². The molecule has 1 amide bonds. The summed E-state index contributed by atoms with van der Waals surface area (Å²) in [5, 5.41) is 14.2. The molecular weight excluding hydrogens is 271 g/mol. The molecule has 7 heteroatoms. The van der Waals surface area contributed by atoms with Gasteiger partial charge in [0.1, 0.15) is 6.07 Å². The van der Waals surface area contributed by atoms with Crippen LogP contribution in [0.1, 0.15) is 24.0 Å². The molecule has 0 atom stereocenters. The summed E-state index contributed by atoms with van der Waals surface area (Å²) in [5.74, 6) is -0.111. The number of rotatable bonds is 5. The zero-order valence-corrected chi connectivity index (χ0v) is 10.8. The summed E-state index contributed by atoms with van der Waals surface area (Å²) in [6, 6.07) is 4.68. The van der Waals surface area contributed by atoms with E-state index < -0.39 is 11.7 Å². The van der Waals surface area contributed by atoms with Gasteiger partial charge in [-0.3, -0.25) is 4.79 Å². The Morgan fingerprint density at radius 2 is 2.10 bits per heavy atom. The second-order valence-corrected chi connectivity index (χ2v) is 4.07. The summed E-state index contributed by atoms with van der Waals surface area (Å²) in [6.07, 6.45) is -3.64. The summed E-state index contributed by atoms with van der Waals surface area (Å²) in [5.41, 5.74) is -0.595. The van der Waals surface area contributed by atoms with Gasteiger partial charge < -0.3 is 10.6 Å². The summed E-state index contributed by atoms with van der Waals surface area (Å²) >= 11 is 0. The van der Waals surface area contributed by atoms with Crippen LogP contribution in [-0.4, -0.2) is 19.5 Å². The Morgan fingerprint density at radius 1 is 1.40 bits per heavy atom. The SMILES string of the molecule is CNC(=O)CCCNc1ccc(C(F)(F)F)cc1C#N. The number of alkyl halides is 3. The van der Waals surface area contributed by atoms with Gasteiger partial charge >= 0.3 is 6.18 Å². The van der Waals surface area contributed by atoms with E-state index in [1.165, 1.54) is 13.1 Å². The molecule has 4 nitrogen and oxygen atoms in total. The minimum absolute atomic E-state index is 0.0697. The van der Waals surface area contributed by atoms with Crippen molar-refractivity contribution in [2.45, 2.75) is 19.0 Å². The molecule has 0 unspecified atom stereocenters. The average Bonchev–Trinajstić information content (AvgIpc) is 2.42. The van der Waals surface area contributed by atoms with Crippen molar-refractivity contribution in [3.8, 4) is 6.07 Å². The number of carbonyl (C=O) groups excluding carboxylic acids is 1.